The predicted octanol–water partition coefficient (Wildman–Crippen LogP) is 3.44. The highest BCUT2D eigenvalue weighted by Crippen LogP contribution is 2.40. The molecule has 5 rings (SSSR count). The van der Waals surface area contributed by atoms with E-state index in [-0.39, 0.29) is 11.9 Å². The number of likely N-dealkylation sites (N-methyl/N-ethyl adjacent to an activating group) is 1. The van der Waals surface area contributed by atoms with Crippen LogP contribution in [0.5, 0.6) is 0 Å². The number of nitrogens with zero attached hydrogens (tertiary/aromatic N) is 6. The van der Waals surface area contributed by atoms with E-state index in [4.69, 9.17) is 4.98 Å². The van der Waals surface area contributed by atoms with Crippen molar-refractivity contribution in [2.75, 3.05) is 16.8 Å². The van der Waals surface area contributed by atoms with E-state index in [1.807, 2.05) is 43.4 Å². The molecule has 1 saturated carbocycles. The van der Waals surface area contributed by atoms with Crippen molar-refractivity contribution in [3.8, 4) is 17.2 Å². The van der Waals surface area contributed by atoms with Crippen LogP contribution in [0.1, 0.15) is 32.6 Å². The Morgan fingerprint density at radius 1 is 1.14 bits per heavy atom. The Kier molecular flexibility index (Phi) is 4.30. The van der Waals surface area contributed by atoms with Gasteiger partial charge in [0.2, 0.25) is 5.91 Å². The first-order chi connectivity index (χ1) is 14.2. The van der Waals surface area contributed by atoms with Gasteiger partial charge in [0.25, 0.3) is 5.95 Å². The van der Waals surface area contributed by atoms with Gasteiger partial charge >= 0.3 is 0 Å². The van der Waals surface area contributed by atoms with Crippen LogP contribution in [0.4, 0.5) is 11.5 Å². The third kappa shape index (κ3) is 2.80. The maximum absolute atomic E-state index is 12.9. The van der Waals surface area contributed by atoms with Crippen LogP contribution in [0.2, 0.25) is 0 Å². The molecule has 1 amide bonds. The van der Waals surface area contributed by atoms with Crippen molar-refractivity contribution >= 4 is 17.4 Å². The van der Waals surface area contributed by atoms with E-state index in [1.54, 1.807) is 22.0 Å². The highest BCUT2D eigenvalue weighted by Gasteiger charge is 2.42. The fourth-order valence-corrected chi connectivity index (χ4v) is 4.25. The summed E-state index contributed by atoms with van der Waals surface area (Å²) in [6, 6.07) is 12.3. The van der Waals surface area contributed by atoms with E-state index in [1.165, 1.54) is 6.42 Å². The van der Waals surface area contributed by atoms with Gasteiger partial charge in [0.05, 0.1) is 18.1 Å². The fraction of sp³-hybridized carbons (Fsp3) is 0.364. The molecule has 29 heavy (non-hydrogen) atoms. The van der Waals surface area contributed by atoms with E-state index < -0.39 is 0 Å². The molecule has 1 aliphatic carbocycles. The Bertz CT molecular complexity index is 1040. The first-order valence-electron chi connectivity index (χ1n) is 10.2. The number of carbonyl (C=O) groups is 1. The number of rotatable bonds is 4. The van der Waals surface area contributed by atoms with Gasteiger partial charge in [-0.2, -0.15) is 14.8 Å². The minimum atomic E-state index is -0.174. The van der Waals surface area contributed by atoms with Crippen molar-refractivity contribution in [3.05, 3.63) is 48.8 Å². The second-order valence-corrected chi connectivity index (χ2v) is 7.69. The SMILES string of the molecule is CC[C@@H]1C(=O)N(C)c2cnc(-n3nccc3-c3ccccc3)nc2N1C1CCC1. The molecular formula is C22H24N6O. The van der Waals surface area contributed by atoms with Gasteiger partial charge in [-0.1, -0.05) is 37.3 Å². The van der Waals surface area contributed by atoms with Crippen molar-refractivity contribution in [2.24, 2.45) is 0 Å². The summed E-state index contributed by atoms with van der Waals surface area (Å²) in [5.74, 6) is 1.48. The van der Waals surface area contributed by atoms with Crippen LogP contribution in [0.25, 0.3) is 17.2 Å². The number of carbonyl (C=O) groups excluding carboxylic acids is 1. The van der Waals surface area contributed by atoms with Gasteiger partial charge in [0, 0.05) is 18.7 Å². The molecule has 1 fully saturated rings. The van der Waals surface area contributed by atoms with Gasteiger partial charge in [0.15, 0.2) is 5.82 Å². The van der Waals surface area contributed by atoms with Crippen LogP contribution in [0.3, 0.4) is 0 Å². The van der Waals surface area contributed by atoms with Crippen LogP contribution < -0.4 is 9.80 Å². The number of fused-ring (bicyclic) bond motifs is 1. The summed E-state index contributed by atoms with van der Waals surface area (Å²) in [6.07, 6.45) is 7.68. The average molecular weight is 388 g/mol. The largest absolute Gasteiger partial charge is 0.340 e. The molecule has 0 spiro atoms. The number of anilines is 2. The summed E-state index contributed by atoms with van der Waals surface area (Å²) in [7, 11) is 1.81. The van der Waals surface area contributed by atoms with Crippen LogP contribution >= 0.6 is 0 Å². The van der Waals surface area contributed by atoms with E-state index >= 15 is 0 Å². The number of hydrogen-bond acceptors (Lipinski definition) is 5. The molecule has 0 saturated heterocycles. The Morgan fingerprint density at radius 2 is 1.93 bits per heavy atom. The second-order valence-electron chi connectivity index (χ2n) is 7.69. The molecule has 7 heteroatoms. The monoisotopic (exact) mass is 388 g/mol. The minimum Gasteiger partial charge on any atom is -0.340 e. The van der Waals surface area contributed by atoms with Gasteiger partial charge in [-0.3, -0.25) is 4.79 Å². The van der Waals surface area contributed by atoms with Gasteiger partial charge < -0.3 is 9.80 Å². The number of amides is 1. The molecule has 0 bridgehead atoms. The third-order valence-corrected chi connectivity index (χ3v) is 6.05. The van der Waals surface area contributed by atoms with Gasteiger partial charge in [0.1, 0.15) is 11.7 Å². The lowest BCUT2D eigenvalue weighted by Gasteiger charge is -2.47. The molecule has 3 aromatic rings. The van der Waals surface area contributed by atoms with E-state index in [2.05, 4.69) is 21.9 Å². The first-order valence-corrected chi connectivity index (χ1v) is 10.2. The van der Waals surface area contributed by atoms with Gasteiger partial charge in [-0.15, -0.1) is 0 Å². The quantitative estimate of drug-likeness (QED) is 0.685. The Hall–Kier alpha value is -3.22. The Balaban J connectivity index is 1.63. The second kappa shape index (κ2) is 6.99. The third-order valence-electron chi connectivity index (χ3n) is 6.05. The lowest BCUT2D eigenvalue weighted by molar-refractivity contribution is -0.120. The van der Waals surface area contributed by atoms with Gasteiger partial charge in [-0.25, -0.2) is 4.98 Å². The molecule has 148 valence electrons. The van der Waals surface area contributed by atoms with Gasteiger partial charge in [-0.05, 0) is 31.7 Å². The molecule has 1 aliphatic heterocycles. The summed E-state index contributed by atoms with van der Waals surface area (Å²) in [5.41, 5.74) is 2.76. The number of hydrogen-bond donors (Lipinski definition) is 0. The first kappa shape index (κ1) is 17.8. The smallest absolute Gasteiger partial charge is 0.253 e. The van der Waals surface area contributed by atoms with Crippen molar-refractivity contribution in [1.82, 2.24) is 19.7 Å². The van der Waals surface area contributed by atoms with Crippen LogP contribution in [0.15, 0.2) is 48.8 Å². The summed E-state index contributed by atoms with van der Waals surface area (Å²) in [5, 5.41) is 4.48. The van der Waals surface area contributed by atoms with Crippen molar-refractivity contribution < 1.29 is 4.79 Å². The van der Waals surface area contributed by atoms with E-state index in [9.17, 15) is 4.79 Å². The summed E-state index contributed by atoms with van der Waals surface area (Å²) in [4.78, 5) is 26.4. The summed E-state index contributed by atoms with van der Waals surface area (Å²) in [6.45, 7) is 2.07. The lowest BCUT2D eigenvalue weighted by atomic mass is 9.88. The molecule has 0 unspecified atom stereocenters. The van der Waals surface area contributed by atoms with E-state index in [0.717, 1.165) is 42.0 Å². The zero-order chi connectivity index (χ0) is 20.0. The van der Waals surface area contributed by atoms with Crippen molar-refractivity contribution in [3.63, 3.8) is 0 Å². The molecule has 1 atom stereocenters. The highest BCUT2D eigenvalue weighted by atomic mass is 16.2. The predicted molar refractivity (Wildman–Crippen MR) is 112 cm³/mol. The zero-order valence-corrected chi connectivity index (χ0v) is 16.7. The minimum absolute atomic E-state index is 0.118. The molecule has 3 heterocycles. The lowest BCUT2D eigenvalue weighted by Crippen LogP contribution is -2.57. The standard InChI is InChI=1S/C22H24N6O/c1-3-17-21(29)26(2)19-14-23-22(25-20(19)27(17)16-10-7-11-16)28-18(12-13-24-28)15-8-5-4-6-9-15/h4-6,8-9,12-14,16-17H,3,7,10-11H2,1-2H3/t17-/m1/s1. The Morgan fingerprint density at radius 3 is 2.62 bits per heavy atom. The normalized spacial score (nSPS) is 19.2. The molecule has 2 aromatic heterocycles. The number of benzene rings is 1. The molecule has 0 N–H and O–H groups in total. The maximum atomic E-state index is 12.9. The molecule has 2 aliphatic rings. The van der Waals surface area contributed by atoms with Crippen LogP contribution in [-0.2, 0) is 4.79 Å². The Labute approximate surface area is 170 Å². The molecule has 0 radical (unpaired) electrons. The van der Waals surface area contributed by atoms with Crippen molar-refractivity contribution in [2.45, 2.75) is 44.7 Å². The average Bonchev–Trinajstić information content (AvgIpc) is 3.21. The van der Waals surface area contributed by atoms with Crippen LogP contribution in [-0.4, -0.2) is 44.8 Å². The molecule has 1 aromatic carbocycles. The number of aromatic nitrogens is 4. The maximum Gasteiger partial charge on any atom is 0.253 e. The fourth-order valence-electron chi connectivity index (χ4n) is 4.25. The molecule has 7 nitrogen and oxygen atoms in total. The highest BCUT2D eigenvalue weighted by molar-refractivity contribution is 6.04. The summed E-state index contributed by atoms with van der Waals surface area (Å²) >= 11 is 0. The zero-order valence-electron chi connectivity index (χ0n) is 16.7. The van der Waals surface area contributed by atoms with E-state index in [0.29, 0.717) is 12.0 Å². The summed E-state index contributed by atoms with van der Waals surface area (Å²) < 4.78 is 1.77. The van der Waals surface area contributed by atoms with Crippen LogP contribution in [0, 0.1) is 0 Å². The van der Waals surface area contributed by atoms with Crippen molar-refractivity contribution in [1.29, 1.82) is 0 Å². The topological polar surface area (TPSA) is 67.2 Å². The molecular weight excluding hydrogens is 364 g/mol.